The average molecular weight is 694 g/mol. The Morgan fingerprint density at radius 3 is 2.02 bits per heavy atom. The summed E-state index contributed by atoms with van der Waals surface area (Å²) in [7, 11) is 1.18. The number of nitrogens with zero attached hydrogens (tertiary/aromatic N) is 1. The highest BCUT2D eigenvalue weighted by Crippen LogP contribution is 2.16. The van der Waals surface area contributed by atoms with E-state index in [0.717, 1.165) is 18.4 Å². The van der Waals surface area contributed by atoms with Crippen molar-refractivity contribution in [2.45, 2.75) is 110 Å². The molecule has 3 unspecified atom stereocenters. The van der Waals surface area contributed by atoms with E-state index in [4.69, 9.17) is 15.2 Å². The van der Waals surface area contributed by atoms with Crippen LogP contribution < -0.4 is 21.7 Å². The summed E-state index contributed by atoms with van der Waals surface area (Å²) in [6.07, 6.45) is 1.73. The van der Waals surface area contributed by atoms with Crippen molar-refractivity contribution < 1.29 is 48.5 Å². The number of unbranched alkanes of at least 4 members (excludes halogenated alkanes) is 2. The molecule has 5 amide bonds. The number of carbonyl (C=O) groups excluding carboxylic acids is 6. The number of aliphatic hydroxyl groups is 1. The number of aryl methyl sites for hydroxylation is 1. The van der Waals surface area contributed by atoms with Crippen LogP contribution >= 0.6 is 0 Å². The molecule has 276 valence electrons. The predicted molar refractivity (Wildman–Crippen MR) is 181 cm³/mol. The zero-order chi connectivity index (χ0) is 37.5. The molecule has 15 heteroatoms. The van der Waals surface area contributed by atoms with Gasteiger partial charge in [0.1, 0.15) is 29.5 Å². The first kappa shape index (κ1) is 42.8. The summed E-state index contributed by atoms with van der Waals surface area (Å²) in [6.45, 7) is 9.79. The minimum Gasteiger partial charge on any atom is -0.508 e. The van der Waals surface area contributed by atoms with E-state index in [9.17, 15) is 39.0 Å². The molecule has 0 aromatic heterocycles. The van der Waals surface area contributed by atoms with Gasteiger partial charge in [0.25, 0.3) is 0 Å². The van der Waals surface area contributed by atoms with Crippen molar-refractivity contribution in [2.75, 3.05) is 20.3 Å². The Balaban J connectivity index is 3.10. The van der Waals surface area contributed by atoms with Crippen LogP contribution in [0.5, 0.6) is 5.75 Å². The number of hydrogen-bond donors (Lipinski definition) is 6. The zero-order valence-electron chi connectivity index (χ0n) is 29.9. The Hall–Kier alpha value is -4.24. The van der Waals surface area contributed by atoms with Crippen LogP contribution in [0.25, 0.3) is 0 Å². The van der Waals surface area contributed by atoms with Gasteiger partial charge in [-0.25, -0.2) is 14.5 Å². The minimum atomic E-state index is -1.39. The molecule has 0 fully saturated rings. The molecule has 1 aromatic rings. The Morgan fingerprint density at radius 2 is 1.51 bits per heavy atom. The van der Waals surface area contributed by atoms with Gasteiger partial charge in [0.05, 0.1) is 19.8 Å². The van der Waals surface area contributed by atoms with Crippen molar-refractivity contribution in [2.24, 2.45) is 17.6 Å². The number of rotatable bonds is 18. The number of methoxy groups -OCH3 is 1. The van der Waals surface area contributed by atoms with E-state index in [1.807, 2.05) is 12.1 Å². The average Bonchev–Trinajstić information content (AvgIpc) is 3.02. The first-order valence-electron chi connectivity index (χ1n) is 16.5. The van der Waals surface area contributed by atoms with Gasteiger partial charge in [-0.1, -0.05) is 32.4 Å². The molecule has 0 spiro atoms. The van der Waals surface area contributed by atoms with E-state index < -0.39 is 78.0 Å². The number of nitrogens with two attached hydrogens (primary N) is 1. The smallest absolute Gasteiger partial charge is 0.417 e. The topological polar surface area (TPSA) is 227 Å². The second-order valence-corrected chi connectivity index (χ2v) is 13.4. The van der Waals surface area contributed by atoms with Crippen molar-refractivity contribution in [3.63, 3.8) is 0 Å². The molecule has 7 N–H and O–H groups in total. The molecule has 5 atom stereocenters. The van der Waals surface area contributed by atoms with Crippen LogP contribution in [0.4, 0.5) is 4.79 Å². The fourth-order valence-corrected chi connectivity index (χ4v) is 4.72. The lowest BCUT2D eigenvalue weighted by molar-refractivity contribution is -0.147. The van der Waals surface area contributed by atoms with Gasteiger partial charge in [0, 0.05) is 18.9 Å². The SMILES string of the molecule is COC(=O)C(NC(=O)C(NC(=O)CCCCCc1ccc(O)cc1)C(CO)CNC(=O)[C@H](C)N(C(=O)OC(C)(C)C)C(=O)[C@H](C)N)C(C)C. The van der Waals surface area contributed by atoms with Gasteiger partial charge in [-0.05, 0) is 77.5 Å². The van der Waals surface area contributed by atoms with Gasteiger partial charge in [-0.2, -0.15) is 0 Å². The second-order valence-electron chi connectivity index (χ2n) is 13.4. The van der Waals surface area contributed by atoms with Gasteiger partial charge in [-0.15, -0.1) is 0 Å². The maximum absolute atomic E-state index is 13.5. The van der Waals surface area contributed by atoms with Crippen LogP contribution in [-0.2, 0) is 39.9 Å². The third-order valence-corrected chi connectivity index (χ3v) is 7.55. The number of amides is 5. The van der Waals surface area contributed by atoms with E-state index in [-0.39, 0.29) is 24.6 Å². The maximum Gasteiger partial charge on any atom is 0.417 e. The van der Waals surface area contributed by atoms with Gasteiger partial charge in [-0.3, -0.25) is 19.2 Å². The summed E-state index contributed by atoms with van der Waals surface area (Å²) >= 11 is 0. The van der Waals surface area contributed by atoms with Crippen molar-refractivity contribution in [3.05, 3.63) is 29.8 Å². The molecule has 0 aliphatic rings. The lowest BCUT2D eigenvalue weighted by Gasteiger charge is -2.32. The molecule has 49 heavy (non-hydrogen) atoms. The number of hydrogen-bond acceptors (Lipinski definition) is 11. The van der Waals surface area contributed by atoms with Crippen molar-refractivity contribution in [3.8, 4) is 5.75 Å². The fraction of sp³-hybridized carbons (Fsp3) is 0.647. The molecule has 15 nitrogen and oxygen atoms in total. The normalized spacial score (nSPS) is 14.4. The lowest BCUT2D eigenvalue weighted by atomic mass is 9.97. The number of aliphatic hydroxyl groups excluding tert-OH is 1. The predicted octanol–water partition coefficient (Wildman–Crippen LogP) is 1.52. The van der Waals surface area contributed by atoms with Crippen LogP contribution in [0.3, 0.4) is 0 Å². The van der Waals surface area contributed by atoms with E-state index in [2.05, 4.69) is 16.0 Å². The number of benzene rings is 1. The molecule has 0 saturated carbocycles. The molecule has 1 aromatic carbocycles. The molecule has 0 heterocycles. The quantitative estimate of drug-likeness (QED) is 0.0954. The van der Waals surface area contributed by atoms with Crippen molar-refractivity contribution in [1.82, 2.24) is 20.9 Å². The molecule has 0 radical (unpaired) electrons. The number of carbonyl (C=O) groups is 6. The third-order valence-electron chi connectivity index (χ3n) is 7.55. The van der Waals surface area contributed by atoms with Crippen LogP contribution in [-0.4, -0.2) is 101 Å². The summed E-state index contributed by atoms with van der Waals surface area (Å²) in [5, 5.41) is 27.5. The Bertz CT molecular complexity index is 1260. The molecule has 0 aliphatic carbocycles. The summed E-state index contributed by atoms with van der Waals surface area (Å²) in [5.41, 5.74) is 5.79. The zero-order valence-corrected chi connectivity index (χ0v) is 29.9. The number of ether oxygens (including phenoxy) is 2. The number of imide groups is 1. The number of nitrogens with one attached hydrogen (secondary N) is 3. The molecular weight excluding hydrogens is 638 g/mol. The van der Waals surface area contributed by atoms with Crippen molar-refractivity contribution in [1.29, 1.82) is 0 Å². The summed E-state index contributed by atoms with van der Waals surface area (Å²) in [4.78, 5) is 78.5. The van der Waals surface area contributed by atoms with Gasteiger partial charge >= 0.3 is 12.1 Å². The van der Waals surface area contributed by atoms with E-state index in [0.29, 0.717) is 17.7 Å². The third kappa shape index (κ3) is 14.8. The van der Waals surface area contributed by atoms with E-state index in [1.165, 1.54) is 21.0 Å². The fourth-order valence-electron chi connectivity index (χ4n) is 4.72. The van der Waals surface area contributed by atoms with Crippen LogP contribution in [0.2, 0.25) is 0 Å². The maximum atomic E-state index is 13.5. The number of aromatic hydroxyl groups is 1. The first-order chi connectivity index (χ1) is 22.8. The van der Waals surface area contributed by atoms with E-state index >= 15 is 0 Å². The lowest BCUT2D eigenvalue weighted by Crippen LogP contribution is -2.59. The first-order valence-corrected chi connectivity index (χ1v) is 16.5. The van der Waals surface area contributed by atoms with Gasteiger partial charge in [0.2, 0.25) is 23.6 Å². The second kappa shape index (κ2) is 20.3. The van der Waals surface area contributed by atoms with Crippen LogP contribution in [0.15, 0.2) is 24.3 Å². The van der Waals surface area contributed by atoms with Crippen LogP contribution in [0, 0.1) is 11.8 Å². The minimum absolute atomic E-state index is 0.0652. The molecule has 0 aliphatic heterocycles. The van der Waals surface area contributed by atoms with Crippen molar-refractivity contribution >= 4 is 35.7 Å². The monoisotopic (exact) mass is 693 g/mol. The standard InChI is InChI=1S/C34H55N5O10/c1-20(2)27(32(46)48-8)38-30(44)28(37-26(42)13-11-9-10-12-23-14-16-25(41)17-15-23)24(19-40)18-36-29(43)22(4)39(31(45)21(3)35)33(47)49-34(5,6)7/h14-17,20-22,24,27-28,40-41H,9-13,18-19,35H2,1-8H3,(H,36,43)(H,37,42)(H,38,44)/t21-,22-,24?,27?,28?/m0/s1. The largest absolute Gasteiger partial charge is 0.508 e. The van der Waals surface area contributed by atoms with Gasteiger partial charge < -0.3 is 41.4 Å². The van der Waals surface area contributed by atoms with E-state index in [1.54, 1.807) is 46.8 Å². The number of phenolic OH excluding ortho intramolecular Hbond substituents is 1. The Labute approximate surface area is 288 Å². The van der Waals surface area contributed by atoms with Gasteiger partial charge in [0.15, 0.2) is 0 Å². The molecule has 0 bridgehead atoms. The summed E-state index contributed by atoms with van der Waals surface area (Å²) in [6, 6.07) is 1.90. The summed E-state index contributed by atoms with van der Waals surface area (Å²) < 4.78 is 10.1. The number of phenols is 1. The molecule has 0 saturated heterocycles. The number of esters is 1. The molecular formula is C34H55N5O10. The Kier molecular flexibility index (Phi) is 17.7. The summed E-state index contributed by atoms with van der Waals surface area (Å²) in [5.74, 6) is -4.92. The molecule has 1 rings (SSSR count). The highest BCUT2D eigenvalue weighted by molar-refractivity contribution is 6.00. The van der Waals surface area contributed by atoms with Crippen LogP contribution in [0.1, 0.15) is 79.7 Å². The Morgan fingerprint density at radius 1 is 0.898 bits per heavy atom. The highest BCUT2D eigenvalue weighted by Gasteiger charge is 2.38. The highest BCUT2D eigenvalue weighted by atomic mass is 16.6.